The number of pyridine rings is 1. The predicted molar refractivity (Wildman–Crippen MR) is 134 cm³/mol. The van der Waals surface area contributed by atoms with Gasteiger partial charge in [-0.05, 0) is 49.9 Å². The van der Waals surface area contributed by atoms with Crippen LogP contribution in [-0.4, -0.2) is 57.7 Å². The number of hydrogen-bond donors (Lipinski definition) is 1. The molecule has 0 saturated carbocycles. The summed E-state index contributed by atoms with van der Waals surface area (Å²) in [5.74, 6) is -0.347. The lowest BCUT2D eigenvalue weighted by atomic mass is 10.0. The molecule has 35 heavy (non-hydrogen) atoms. The van der Waals surface area contributed by atoms with Crippen LogP contribution in [0.4, 0.5) is 0 Å². The minimum absolute atomic E-state index is 0.0273. The molecule has 5 rings (SSSR count). The second-order valence-electron chi connectivity index (χ2n) is 9.62. The fraction of sp³-hybridized carbons (Fsp3) is 0.357. The van der Waals surface area contributed by atoms with Crippen LogP contribution in [0.1, 0.15) is 46.4 Å². The van der Waals surface area contributed by atoms with Gasteiger partial charge in [0.05, 0.1) is 35.8 Å². The normalized spacial score (nSPS) is 19.5. The van der Waals surface area contributed by atoms with Gasteiger partial charge in [-0.15, -0.1) is 0 Å². The van der Waals surface area contributed by atoms with Crippen molar-refractivity contribution in [1.82, 2.24) is 20.1 Å². The molecular formula is C28H30N4O3. The average Bonchev–Trinajstić information content (AvgIpc) is 3.13. The van der Waals surface area contributed by atoms with E-state index >= 15 is 0 Å². The summed E-state index contributed by atoms with van der Waals surface area (Å²) in [5.41, 5.74) is 4.29. The van der Waals surface area contributed by atoms with Crippen molar-refractivity contribution in [2.24, 2.45) is 0 Å². The molecule has 2 aromatic carbocycles. The van der Waals surface area contributed by atoms with Crippen molar-refractivity contribution < 1.29 is 14.4 Å². The second-order valence-corrected chi connectivity index (χ2v) is 9.62. The quantitative estimate of drug-likeness (QED) is 0.578. The van der Waals surface area contributed by atoms with Crippen molar-refractivity contribution in [3.05, 3.63) is 77.0 Å². The average molecular weight is 471 g/mol. The van der Waals surface area contributed by atoms with E-state index in [9.17, 15) is 14.4 Å². The molecule has 7 nitrogen and oxygen atoms in total. The summed E-state index contributed by atoms with van der Waals surface area (Å²) in [5, 5.41) is 4.11. The Balaban J connectivity index is 1.19. The van der Waals surface area contributed by atoms with Crippen LogP contribution in [0.15, 0.2) is 54.6 Å². The van der Waals surface area contributed by atoms with E-state index in [2.05, 4.69) is 15.2 Å². The lowest BCUT2D eigenvalue weighted by Crippen LogP contribution is -2.50. The number of carbonyl (C=O) groups excluding carboxylic acids is 3. The first-order valence-corrected chi connectivity index (χ1v) is 12.2. The summed E-state index contributed by atoms with van der Waals surface area (Å²) in [6.07, 6.45) is 1.70. The topological polar surface area (TPSA) is 82.6 Å². The number of hydrogen-bond acceptors (Lipinski definition) is 5. The number of amides is 3. The van der Waals surface area contributed by atoms with Gasteiger partial charge in [0, 0.05) is 24.5 Å². The van der Waals surface area contributed by atoms with Crippen molar-refractivity contribution in [3.63, 3.8) is 0 Å². The van der Waals surface area contributed by atoms with E-state index in [4.69, 9.17) is 0 Å². The molecule has 1 atom stereocenters. The largest absolute Gasteiger partial charge is 0.349 e. The molecular weight excluding hydrogens is 440 g/mol. The van der Waals surface area contributed by atoms with E-state index in [1.165, 1.54) is 4.90 Å². The summed E-state index contributed by atoms with van der Waals surface area (Å²) in [4.78, 5) is 46.7. The third-order valence-electron chi connectivity index (χ3n) is 7.12. The van der Waals surface area contributed by atoms with Crippen LogP contribution >= 0.6 is 0 Å². The highest BCUT2D eigenvalue weighted by Crippen LogP contribution is 2.25. The van der Waals surface area contributed by atoms with Crippen LogP contribution in [-0.2, 0) is 16.1 Å². The molecule has 0 spiro atoms. The van der Waals surface area contributed by atoms with Gasteiger partial charge >= 0.3 is 0 Å². The van der Waals surface area contributed by atoms with Gasteiger partial charge in [0.1, 0.15) is 0 Å². The third-order valence-corrected chi connectivity index (χ3v) is 7.12. The number of aromatic nitrogens is 1. The Morgan fingerprint density at radius 3 is 2.51 bits per heavy atom. The van der Waals surface area contributed by atoms with Crippen LogP contribution in [0, 0.1) is 13.8 Å². The van der Waals surface area contributed by atoms with Gasteiger partial charge in [-0.2, -0.15) is 0 Å². The van der Waals surface area contributed by atoms with Gasteiger partial charge in [0.25, 0.3) is 5.91 Å². The zero-order valence-electron chi connectivity index (χ0n) is 20.2. The maximum absolute atomic E-state index is 13.0. The standard InChI is InChI=1S/C28H30N4O3/c1-18-8-9-21-15-23(19(2)29-24(21)14-18)27(34)30-22-10-12-31(13-11-22)25-16-26(33)32(28(25)35)17-20-6-4-3-5-7-20/h3-9,14-15,22,25H,10-13,16-17H2,1-2H3,(H,30,34). The number of nitrogens with zero attached hydrogens (tertiary/aromatic N) is 3. The van der Waals surface area contributed by atoms with Crippen molar-refractivity contribution in [2.45, 2.75) is 51.7 Å². The molecule has 0 bridgehead atoms. The van der Waals surface area contributed by atoms with E-state index < -0.39 is 6.04 Å². The number of imide groups is 1. The van der Waals surface area contributed by atoms with Crippen molar-refractivity contribution in [2.75, 3.05) is 13.1 Å². The number of piperidine rings is 1. The molecule has 1 aromatic heterocycles. The Morgan fingerprint density at radius 2 is 1.77 bits per heavy atom. The van der Waals surface area contributed by atoms with Crippen LogP contribution in [0.2, 0.25) is 0 Å². The first kappa shape index (κ1) is 23.2. The SMILES string of the molecule is Cc1ccc2cc(C(=O)NC3CCN(C4CC(=O)N(Cc5ccccc5)C4=O)CC3)c(C)nc2c1. The van der Waals surface area contributed by atoms with Gasteiger partial charge in [0.15, 0.2) is 0 Å². The maximum Gasteiger partial charge on any atom is 0.253 e. The number of nitrogens with one attached hydrogen (secondary N) is 1. The van der Waals surface area contributed by atoms with Crippen LogP contribution in [0.25, 0.3) is 10.9 Å². The number of aryl methyl sites for hydroxylation is 2. The molecule has 1 unspecified atom stereocenters. The number of likely N-dealkylation sites (tertiary alicyclic amines) is 2. The van der Waals surface area contributed by atoms with Gasteiger partial charge in [-0.25, -0.2) is 0 Å². The van der Waals surface area contributed by atoms with E-state index in [-0.39, 0.29) is 30.2 Å². The Labute approximate surface area is 205 Å². The van der Waals surface area contributed by atoms with Crippen molar-refractivity contribution in [1.29, 1.82) is 0 Å². The Hall–Kier alpha value is -3.58. The number of benzene rings is 2. The van der Waals surface area contributed by atoms with Gasteiger partial charge in [-0.3, -0.25) is 29.2 Å². The monoisotopic (exact) mass is 470 g/mol. The molecule has 2 aliphatic rings. The highest BCUT2D eigenvalue weighted by atomic mass is 16.2. The van der Waals surface area contributed by atoms with E-state index in [1.54, 1.807) is 0 Å². The summed E-state index contributed by atoms with van der Waals surface area (Å²) in [6.45, 7) is 5.55. The number of fused-ring (bicyclic) bond motifs is 1. The number of carbonyl (C=O) groups is 3. The molecule has 180 valence electrons. The first-order valence-electron chi connectivity index (χ1n) is 12.2. The molecule has 3 amide bonds. The van der Waals surface area contributed by atoms with E-state index in [0.29, 0.717) is 30.9 Å². The third kappa shape index (κ3) is 4.82. The smallest absolute Gasteiger partial charge is 0.253 e. The Kier molecular flexibility index (Phi) is 6.34. The van der Waals surface area contributed by atoms with Gasteiger partial charge in [-0.1, -0.05) is 42.5 Å². The summed E-state index contributed by atoms with van der Waals surface area (Å²) < 4.78 is 0. The van der Waals surface area contributed by atoms with E-state index in [0.717, 1.165) is 34.9 Å². The lowest BCUT2D eigenvalue weighted by Gasteiger charge is -2.35. The fourth-order valence-electron chi connectivity index (χ4n) is 5.10. The highest BCUT2D eigenvalue weighted by molar-refractivity contribution is 6.05. The van der Waals surface area contributed by atoms with E-state index in [1.807, 2.05) is 68.4 Å². The van der Waals surface area contributed by atoms with Crippen molar-refractivity contribution in [3.8, 4) is 0 Å². The number of rotatable bonds is 5. The van der Waals surface area contributed by atoms with Crippen LogP contribution in [0.3, 0.4) is 0 Å². The molecule has 1 N–H and O–H groups in total. The molecule has 3 heterocycles. The minimum Gasteiger partial charge on any atom is -0.349 e. The highest BCUT2D eigenvalue weighted by Gasteiger charge is 2.42. The van der Waals surface area contributed by atoms with Crippen LogP contribution < -0.4 is 5.32 Å². The lowest BCUT2D eigenvalue weighted by molar-refractivity contribution is -0.140. The van der Waals surface area contributed by atoms with Gasteiger partial charge in [0.2, 0.25) is 11.8 Å². The maximum atomic E-state index is 13.0. The summed E-state index contributed by atoms with van der Waals surface area (Å²) >= 11 is 0. The molecule has 2 aliphatic heterocycles. The minimum atomic E-state index is -0.404. The summed E-state index contributed by atoms with van der Waals surface area (Å²) in [6, 6.07) is 17.2. The molecule has 3 aromatic rings. The van der Waals surface area contributed by atoms with Crippen LogP contribution in [0.5, 0.6) is 0 Å². The molecule has 0 radical (unpaired) electrons. The Morgan fingerprint density at radius 1 is 1.03 bits per heavy atom. The molecule has 0 aliphatic carbocycles. The molecule has 2 fully saturated rings. The molecule has 7 heteroatoms. The predicted octanol–water partition coefficient (Wildman–Crippen LogP) is 3.37. The van der Waals surface area contributed by atoms with Crippen molar-refractivity contribution >= 4 is 28.6 Å². The zero-order valence-corrected chi connectivity index (χ0v) is 20.2. The second kappa shape index (κ2) is 9.58. The summed E-state index contributed by atoms with van der Waals surface area (Å²) in [7, 11) is 0. The fourth-order valence-corrected chi connectivity index (χ4v) is 5.10. The first-order chi connectivity index (χ1) is 16.9. The Bertz CT molecular complexity index is 1280. The molecule has 2 saturated heterocycles. The van der Waals surface area contributed by atoms with Gasteiger partial charge < -0.3 is 5.32 Å². The zero-order chi connectivity index (χ0) is 24.5.